The highest BCUT2D eigenvalue weighted by Gasteiger charge is 2.28. The number of carbonyl (C=O) groups is 1. The van der Waals surface area contributed by atoms with Crippen LogP contribution >= 0.6 is 15.9 Å². The second-order valence-corrected chi connectivity index (χ2v) is 6.83. The Morgan fingerprint density at radius 2 is 1.96 bits per heavy atom. The summed E-state index contributed by atoms with van der Waals surface area (Å²) in [5.41, 5.74) is 0.666. The van der Waals surface area contributed by atoms with E-state index in [0.717, 1.165) is 23.3 Å². The summed E-state index contributed by atoms with van der Waals surface area (Å²) in [6.45, 7) is 2.86. The molecule has 1 atom stereocenters. The zero-order chi connectivity index (χ0) is 16.1. The SMILES string of the molecule is O=C(NC[C@H](c1ccco1)[NH+]1CCCCC1)c1ccccc1Br. The normalized spacial score (nSPS) is 16.9. The summed E-state index contributed by atoms with van der Waals surface area (Å²) in [6, 6.07) is 11.6. The summed E-state index contributed by atoms with van der Waals surface area (Å²) in [5, 5.41) is 3.08. The minimum absolute atomic E-state index is 0.0505. The molecule has 2 heterocycles. The van der Waals surface area contributed by atoms with Crippen molar-refractivity contribution >= 4 is 21.8 Å². The number of amides is 1. The van der Waals surface area contributed by atoms with Crippen LogP contribution in [0.25, 0.3) is 0 Å². The average Bonchev–Trinajstić information content (AvgIpc) is 3.10. The fraction of sp³-hybridized carbons (Fsp3) is 0.389. The lowest BCUT2D eigenvalue weighted by atomic mass is 10.1. The minimum Gasteiger partial charge on any atom is -0.463 e. The molecule has 1 aromatic carbocycles. The number of hydrogen-bond donors (Lipinski definition) is 2. The predicted molar refractivity (Wildman–Crippen MR) is 92.5 cm³/mol. The summed E-state index contributed by atoms with van der Waals surface area (Å²) < 4.78 is 6.45. The monoisotopic (exact) mass is 377 g/mol. The fourth-order valence-corrected chi connectivity index (χ4v) is 3.69. The van der Waals surface area contributed by atoms with E-state index in [4.69, 9.17) is 4.42 Å². The molecule has 2 N–H and O–H groups in total. The standard InChI is InChI=1S/C18H21BrN2O2/c19-15-8-3-2-7-14(15)18(22)20-13-16(17-9-6-12-23-17)21-10-4-1-5-11-21/h2-3,6-9,12,16H,1,4-5,10-11,13H2,(H,20,22)/p+1/t16-/m1/s1. The van der Waals surface area contributed by atoms with Crippen molar-refractivity contribution < 1.29 is 14.1 Å². The third kappa shape index (κ3) is 4.03. The van der Waals surface area contributed by atoms with Crippen LogP contribution in [-0.2, 0) is 0 Å². The topological polar surface area (TPSA) is 46.7 Å². The number of rotatable bonds is 5. The molecule has 1 aliphatic heterocycles. The smallest absolute Gasteiger partial charge is 0.252 e. The highest BCUT2D eigenvalue weighted by molar-refractivity contribution is 9.10. The number of nitrogens with one attached hydrogen (secondary N) is 2. The van der Waals surface area contributed by atoms with Gasteiger partial charge < -0.3 is 14.6 Å². The van der Waals surface area contributed by atoms with E-state index in [9.17, 15) is 4.79 Å². The molecule has 0 radical (unpaired) electrons. The zero-order valence-corrected chi connectivity index (χ0v) is 14.6. The van der Waals surface area contributed by atoms with Gasteiger partial charge in [-0.25, -0.2) is 0 Å². The molecule has 3 rings (SSSR count). The third-order valence-electron chi connectivity index (χ3n) is 4.46. The van der Waals surface area contributed by atoms with Gasteiger partial charge in [0.2, 0.25) is 0 Å². The number of piperidine rings is 1. The van der Waals surface area contributed by atoms with Gasteiger partial charge in [-0.15, -0.1) is 0 Å². The van der Waals surface area contributed by atoms with Gasteiger partial charge in [0.25, 0.3) is 5.91 Å². The summed E-state index contributed by atoms with van der Waals surface area (Å²) in [4.78, 5) is 13.9. The van der Waals surface area contributed by atoms with Gasteiger partial charge in [0.1, 0.15) is 0 Å². The van der Waals surface area contributed by atoms with E-state index in [1.165, 1.54) is 24.2 Å². The van der Waals surface area contributed by atoms with Crippen molar-refractivity contribution in [3.63, 3.8) is 0 Å². The molecule has 1 amide bonds. The predicted octanol–water partition coefficient (Wildman–Crippen LogP) is 2.58. The van der Waals surface area contributed by atoms with E-state index in [1.54, 1.807) is 6.26 Å². The molecule has 23 heavy (non-hydrogen) atoms. The van der Waals surface area contributed by atoms with Crippen molar-refractivity contribution in [2.45, 2.75) is 25.3 Å². The van der Waals surface area contributed by atoms with Crippen molar-refractivity contribution in [2.75, 3.05) is 19.6 Å². The van der Waals surface area contributed by atoms with Gasteiger partial charge in [-0.2, -0.15) is 0 Å². The van der Waals surface area contributed by atoms with Crippen molar-refractivity contribution in [3.8, 4) is 0 Å². The maximum Gasteiger partial charge on any atom is 0.252 e. The quantitative estimate of drug-likeness (QED) is 0.840. The largest absolute Gasteiger partial charge is 0.463 e. The van der Waals surface area contributed by atoms with E-state index in [1.807, 2.05) is 36.4 Å². The molecule has 1 aromatic heterocycles. The van der Waals surface area contributed by atoms with Crippen LogP contribution in [0, 0.1) is 0 Å². The van der Waals surface area contributed by atoms with E-state index < -0.39 is 0 Å². The van der Waals surface area contributed by atoms with Gasteiger partial charge in [0.05, 0.1) is 31.5 Å². The number of hydrogen-bond acceptors (Lipinski definition) is 2. The van der Waals surface area contributed by atoms with Crippen molar-refractivity contribution in [2.24, 2.45) is 0 Å². The highest BCUT2D eigenvalue weighted by atomic mass is 79.9. The van der Waals surface area contributed by atoms with Crippen molar-refractivity contribution in [1.29, 1.82) is 0 Å². The Bertz CT molecular complexity index is 636. The van der Waals surface area contributed by atoms with Crippen LogP contribution in [0.2, 0.25) is 0 Å². The lowest BCUT2D eigenvalue weighted by molar-refractivity contribution is -0.936. The lowest BCUT2D eigenvalue weighted by Crippen LogP contribution is -3.13. The van der Waals surface area contributed by atoms with Gasteiger partial charge in [-0.1, -0.05) is 12.1 Å². The Morgan fingerprint density at radius 3 is 2.65 bits per heavy atom. The Balaban J connectivity index is 1.69. The van der Waals surface area contributed by atoms with Gasteiger partial charge in [-0.05, 0) is 59.5 Å². The number of carbonyl (C=O) groups excluding carboxylic acids is 1. The van der Waals surface area contributed by atoms with Gasteiger partial charge in [-0.3, -0.25) is 4.79 Å². The molecule has 5 heteroatoms. The summed E-state index contributed by atoms with van der Waals surface area (Å²) >= 11 is 3.43. The molecule has 0 unspecified atom stereocenters. The van der Waals surface area contributed by atoms with E-state index >= 15 is 0 Å². The number of quaternary nitrogens is 1. The van der Waals surface area contributed by atoms with E-state index in [0.29, 0.717) is 12.1 Å². The Kier molecular flexibility index (Phi) is 5.51. The van der Waals surface area contributed by atoms with Gasteiger partial charge in [0.15, 0.2) is 11.8 Å². The molecule has 1 aliphatic rings. The molecule has 1 saturated heterocycles. The van der Waals surface area contributed by atoms with Crippen LogP contribution < -0.4 is 10.2 Å². The molecule has 0 spiro atoms. The van der Waals surface area contributed by atoms with Crippen molar-refractivity contribution in [3.05, 3.63) is 58.5 Å². The van der Waals surface area contributed by atoms with Crippen molar-refractivity contribution in [1.82, 2.24) is 5.32 Å². The number of likely N-dealkylation sites (tertiary alicyclic amines) is 1. The molecule has 0 bridgehead atoms. The fourth-order valence-electron chi connectivity index (χ4n) is 3.23. The van der Waals surface area contributed by atoms with Crippen LogP contribution in [0.1, 0.15) is 41.4 Å². The Morgan fingerprint density at radius 1 is 1.17 bits per heavy atom. The van der Waals surface area contributed by atoms with E-state index in [2.05, 4.69) is 21.2 Å². The van der Waals surface area contributed by atoms with Gasteiger partial charge in [0, 0.05) is 4.47 Å². The van der Waals surface area contributed by atoms with Gasteiger partial charge >= 0.3 is 0 Å². The van der Waals surface area contributed by atoms with Crippen LogP contribution in [0.15, 0.2) is 51.6 Å². The molecule has 2 aromatic rings. The summed E-state index contributed by atoms with van der Waals surface area (Å²) in [6.07, 6.45) is 5.49. The first-order valence-electron chi connectivity index (χ1n) is 8.16. The molecular formula is C18H22BrN2O2+. The summed E-state index contributed by atoms with van der Waals surface area (Å²) in [7, 11) is 0. The molecule has 4 nitrogen and oxygen atoms in total. The Labute approximate surface area is 145 Å². The number of furan rings is 1. The minimum atomic E-state index is -0.0505. The number of benzene rings is 1. The molecule has 0 aliphatic carbocycles. The second-order valence-electron chi connectivity index (χ2n) is 5.98. The molecular weight excluding hydrogens is 356 g/mol. The average molecular weight is 378 g/mol. The van der Waals surface area contributed by atoms with Crippen LogP contribution in [0.5, 0.6) is 0 Å². The second kappa shape index (κ2) is 7.79. The molecule has 1 fully saturated rings. The van der Waals surface area contributed by atoms with Crippen LogP contribution in [-0.4, -0.2) is 25.5 Å². The van der Waals surface area contributed by atoms with E-state index in [-0.39, 0.29) is 11.9 Å². The number of halogens is 1. The first-order chi connectivity index (χ1) is 11.3. The first-order valence-corrected chi connectivity index (χ1v) is 8.95. The first kappa shape index (κ1) is 16.3. The maximum atomic E-state index is 12.4. The Hall–Kier alpha value is -1.59. The summed E-state index contributed by atoms with van der Waals surface area (Å²) in [5.74, 6) is 0.903. The molecule has 122 valence electrons. The lowest BCUT2D eigenvalue weighted by Gasteiger charge is -2.30. The zero-order valence-electron chi connectivity index (χ0n) is 13.1. The van der Waals surface area contributed by atoms with Crippen LogP contribution in [0.4, 0.5) is 0 Å². The highest BCUT2D eigenvalue weighted by Crippen LogP contribution is 2.16. The third-order valence-corrected chi connectivity index (χ3v) is 5.15. The van der Waals surface area contributed by atoms with Crippen LogP contribution in [0.3, 0.4) is 0 Å². The molecule has 0 saturated carbocycles. The maximum absolute atomic E-state index is 12.4.